The highest BCUT2D eigenvalue weighted by Crippen LogP contribution is 2.29. The molecule has 1 fully saturated rings. The van der Waals surface area contributed by atoms with Crippen LogP contribution in [0, 0.1) is 6.92 Å². The van der Waals surface area contributed by atoms with Crippen molar-refractivity contribution < 1.29 is 4.74 Å². The van der Waals surface area contributed by atoms with Gasteiger partial charge in [-0.1, -0.05) is 6.92 Å². The first-order chi connectivity index (χ1) is 10.3. The molecule has 3 heterocycles. The van der Waals surface area contributed by atoms with E-state index in [4.69, 9.17) is 4.74 Å². The predicted molar refractivity (Wildman–Crippen MR) is 84.8 cm³/mol. The standard InChI is InChI=1S/C15H22N4OS/c1-3-13(15-16-6-9-21-15)18-14-10-17-19(11(14)2)12-4-7-20-8-5-12/h6,9-10,12-13,18H,3-5,7-8H2,1-2H3. The molecule has 6 heteroatoms. The van der Waals surface area contributed by atoms with Gasteiger partial charge in [0.25, 0.3) is 0 Å². The van der Waals surface area contributed by atoms with E-state index in [1.807, 2.05) is 17.8 Å². The molecule has 5 nitrogen and oxygen atoms in total. The largest absolute Gasteiger partial charge is 0.381 e. The van der Waals surface area contributed by atoms with Crippen LogP contribution in [0.1, 0.15) is 49.0 Å². The summed E-state index contributed by atoms with van der Waals surface area (Å²) in [5.74, 6) is 0. The molecule has 1 saturated heterocycles. The van der Waals surface area contributed by atoms with Crippen LogP contribution in [0.3, 0.4) is 0 Å². The second kappa shape index (κ2) is 6.58. The van der Waals surface area contributed by atoms with E-state index in [0.29, 0.717) is 6.04 Å². The molecule has 0 radical (unpaired) electrons. The van der Waals surface area contributed by atoms with Crippen molar-refractivity contribution in [1.82, 2.24) is 14.8 Å². The Morgan fingerprint density at radius 1 is 1.48 bits per heavy atom. The Labute approximate surface area is 129 Å². The highest BCUT2D eigenvalue weighted by molar-refractivity contribution is 7.09. The highest BCUT2D eigenvalue weighted by atomic mass is 32.1. The molecule has 21 heavy (non-hydrogen) atoms. The van der Waals surface area contributed by atoms with Gasteiger partial charge in [0, 0.05) is 24.8 Å². The Kier molecular flexibility index (Phi) is 4.55. The van der Waals surface area contributed by atoms with Crippen molar-refractivity contribution >= 4 is 17.0 Å². The van der Waals surface area contributed by atoms with Crippen molar-refractivity contribution in [3.05, 3.63) is 28.5 Å². The lowest BCUT2D eigenvalue weighted by Gasteiger charge is -2.24. The third-order valence-electron chi connectivity index (χ3n) is 4.07. The van der Waals surface area contributed by atoms with Crippen LogP contribution >= 0.6 is 11.3 Å². The van der Waals surface area contributed by atoms with E-state index in [2.05, 4.69) is 33.9 Å². The lowest BCUT2D eigenvalue weighted by molar-refractivity contribution is 0.0657. The third kappa shape index (κ3) is 3.11. The number of hydrogen-bond acceptors (Lipinski definition) is 5. The van der Waals surface area contributed by atoms with E-state index in [1.165, 1.54) is 5.69 Å². The Bertz CT molecular complexity index is 560. The molecule has 0 aromatic carbocycles. The van der Waals surface area contributed by atoms with E-state index in [9.17, 15) is 0 Å². The number of aromatic nitrogens is 3. The van der Waals surface area contributed by atoms with Gasteiger partial charge in [-0.25, -0.2) is 4.98 Å². The van der Waals surface area contributed by atoms with Gasteiger partial charge in [0.1, 0.15) is 5.01 Å². The number of anilines is 1. The van der Waals surface area contributed by atoms with E-state index in [-0.39, 0.29) is 6.04 Å². The van der Waals surface area contributed by atoms with E-state index in [1.54, 1.807) is 11.3 Å². The van der Waals surface area contributed by atoms with Crippen molar-refractivity contribution in [2.45, 2.75) is 45.2 Å². The fourth-order valence-corrected chi connectivity index (χ4v) is 3.57. The molecular formula is C15H22N4OS. The summed E-state index contributed by atoms with van der Waals surface area (Å²) in [6.07, 6.45) is 6.91. The van der Waals surface area contributed by atoms with Crippen LogP contribution in [0.25, 0.3) is 0 Å². The van der Waals surface area contributed by atoms with Crippen LogP contribution in [0.4, 0.5) is 5.69 Å². The van der Waals surface area contributed by atoms with Crippen LogP contribution in [0.15, 0.2) is 17.8 Å². The number of ether oxygens (including phenoxy) is 1. The average molecular weight is 306 g/mol. The molecule has 114 valence electrons. The molecular weight excluding hydrogens is 284 g/mol. The molecule has 3 rings (SSSR count). The quantitative estimate of drug-likeness (QED) is 0.917. The van der Waals surface area contributed by atoms with Crippen molar-refractivity contribution in [3.63, 3.8) is 0 Å². The van der Waals surface area contributed by atoms with Crippen molar-refractivity contribution in [2.75, 3.05) is 18.5 Å². The van der Waals surface area contributed by atoms with Crippen molar-refractivity contribution in [1.29, 1.82) is 0 Å². The van der Waals surface area contributed by atoms with Gasteiger partial charge >= 0.3 is 0 Å². The molecule has 0 spiro atoms. The van der Waals surface area contributed by atoms with E-state index in [0.717, 1.165) is 43.2 Å². The first-order valence-corrected chi connectivity index (χ1v) is 8.45. The molecule has 2 aromatic heterocycles. The second-order valence-corrected chi connectivity index (χ2v) is 6.33. The Morgan fingerprint density at radius 2 is 2.29 bits per heavy atom. The molecule has 1 N–H and O–H groups in total. The molecule has 0 bridgehead atoms. The highest BCUT2D eigenvalue weighted by Gasteiger charge is 2.21. The summed E-state index contributed by atoms with van der Waals surface area (Å²) in [6.45, 7) is 5.99. The molecule has 0 amide bonds. The summed E-state index contributed by atoms with van der Waals surface area (Å²) < 4.78 is 7.59. The van der Waals surface area contributed by atoms with Crippen LogP contribution < -0.4 is 5.32 Å². The maximum atomic E-state index is 5.44. The zero-order valence-corrected chi connectivity index (χ0v) is 13.4. The van der Waals surface area contributed by atoms with Gasteiger partial charge < -0.3 is 10.1 Å². The smallest absolute Gasteiger partial charge is 0.115 e. The summed E-state index contributed by atoms with van der Waals surface area (Å²) in [4.78, 5) is 4.42. The van der Waals surface area contributed by atoms with Crippen LogP contribution in [-0.2, 0) is 4.74 Å². The van der Waals surface area contributed by atoms with E-state index < -0.39 is 0 Å². The first-order valence-electron chi connectivity index (χ1n) is 7.57. The van der Waals surface area contributed by atoms with Gasteiger partial charge in [-0.2, -0.15) is 5.10 Å². The Balaban J connectivity index is 1.75. The van der Waals surface area contributed by atoms with Crippen LogP contribution in [-0.4, -0.2) is 28.0 Å². The number of thiazole rings is 1. The number of nitrogens with one attached hydrogen (secondary N) is 1. The zero-order chi connectivity index (χ0) is 14.7. The van der Waals surface area contributed by atoms with Crippen molar-refractivity contribution in [3.8, 4) is 0 Å². The predicted octanol–water partition coefficient (Wildman–Crippen LogP) is 3.56. The number of rotatable bonds is 5. The SMILES string of the molecule is CCC(Nc1cnn(C2CCOCC2)c1C)c1nccs1. The zero-order valence-electron chi connectivity index (χ0n) is 12.6. The molecule has 1 aliphatic heterocycles. The van der Waals surface area contributed by atoms with Crippen LogP contribution in [0.5, 0.6) is 0 Å². The van der Waals surface area contributed by atoms with Gasteiger partial charge in [0.15, 0.2) is 0 Å². The lowest BCUT2D eigenvalue weighted by Crippen LogP contribution is -2.21. The monoisotopic (exact) mass is 306 g/mol. The fourth-order valence-electron chi connectivity index (χ4n) is 2.80. The summed E-state index contributed by atoms with van der Waals surface area (Å²) >= 11 is 1.70. The minimum Gasteiger partial charge on any atom is -0.381 e. The lowest BCUT2D eigenvalue weighted by atomic mass is 10.1. The van der Waals surface area contributed by atoms with Gasteiger partial charge in [-0.3, -0.25) is 4.68 Å². The maximum Gasteiger partial charge on any atom is 0.115 e. The van der Waals surface area contributed by atoms with Gasteiger partial charge in [0.05, 0.1) is 29.7 Å². The minimum absolute atomic E-state index is 0.260. The molecule has 1 unspecified atom stereocenters. The third-order valence-corrected chi connectivity index (χ3v) is 4.96. The van der Waals surface area contributed by atoms with Crippen molar-refractivity contribution in [2.24, 2.45) is 0 Å². The normalized spacial score (nSPS) is 17.8. The average Bonchev–Trinajstić information content (AvgIpc) is 3.16. The molecule has 1 aliphatic rings. The summed E-state index contributed by atoms with van der Waals surface area (Å²) in [5, 5.41) is 11.3. The first kappa shape index (κ1) is 14.5. The summed E-state index contributed by atoms with van der Waals surface area (Å²) in [5.41, 5.74) is 2.32. The minimum atomic E-state index is 0.260. The summed E-state index contributed by atoms with van der Waals surface area (Å²) in [7, 11) is 0. The second-order valence-electron chi connectivity index (χ2n) is 5.41. The summed E-state index contributed by atoms with van der Waals surface area (Å²) in [6, 6.07) is 0.727. The molecule has 0 aliphatic carbocycles. The van der Waals surface area contributed by atoms with Gasteiger partial charge in [-0.05, 0) is 26.2 Å². The molecule has 2 aromatic rings. The Morgan fingerprint density at radius 3 is 2.95 bits per heavy atom. The Hall–Kier alpha value is -1.40. The topological polar surface area (TPSA) is 52.0 Å². The number of nitrogens with zero attached hydrogens (tertiary/aromatic N) is 3. The van der Waals surface area contributed by atoms with Gasteiger partial charge in [-0.15, -0.1) is 11.3 Å². The van der Waals surface area contributed by atoms with Crippen LogP contribution in [0.2, 0.25) is 0 Å². The molecule has 0 saturated carbocycles. The maximum absolute atomic E-state index is 5.44. The number of hydrogen-bond donors (Lipinski definition) is 1. The van der Waals surface area contributed by atoms with E-state index >= 15 is 0 Å². The molecule has 1 atom stereocenters. The van der Waals surface area contributed by atoms with Gasteiger partial charge in [0.2, 0.25) is 0 Å². The fraction of sp³-hybridized carbons (Fsp3) is 0.600.